The van der Waals surface area contributed by atoms with E-state index in [0.717, 1.165) is 23.8 Å². The van der Waals surface area contributed by atoms with E-state index in [4.69, 9.17) is 21.3 Å². The van der Waals surface area contributed by atoms with Crippen LogP contribution in [0.3, 0.4) is 0 Å². The van der Waals surface area contributed by atoms with Crippen LogP contribution in [0.5, 0.6) is 5.75 Å². The zero-order valence-electron chi connectivity index (χ0n) is 26.3. The van der Waals surface area contributed by atoms with Gasteiger partial charge in [-0.1, -0.05) is 17.7 Å². The Morgan fingerprint density at radius 2 is 2.02 bits per heavy atom. The van der Waals surface area contributed by atoms with Crippen molar-refractivity contribution in [2.45, 2.75) is 63.2 Å². The summed E-state index contributed by atoms with van der Waals surface area (Å²) < 4.78 is 47.8. The predicted octanol–water partition coefficient (Wildman–Crippen LogP) is 4.61. The lowest BCUT2D eigenvalue weighted by molar-refractivity contribution is -0.137. The van der Waals surface area contributed by atoms with Gasteiger partial charge in [0.1, 0.15) is 12.3 Å². The van der Waals surface area contributed by atoms with E-state index in [1.807, 2.05) is 13.0 Å². The molecule has 2 amide bonds. The molecule has 1 spiro atoms. The van der Waals surface area contributed by atoms with Gasteiger partial charge in [-0.25, -0.2) is 4.98 Å². The fraction of sp³-hybridized carbons (Fsp3) is 0.394. The number of hydrogen-bond donors (Lipinski definition) is 2. The van der Waals surface area contributed by atoms with Crippen LogP contribution in [0.1, 0.15) is 65.7 Å². The molecule has 1 aliphatic carbocycles. The maximum atomic E-state index is 14.3. The Bertz CT molecular complexity index is 2100. The summed E-state index contributed by atoms with van der Waals surface area (Å²) in [6.45, 7) is 2.70. The molecular formula is C33H31ClF3N7O5. The van der Waals surface area contributed by atoms with E-state index >= 15 is 0 Å². The molecule has 0 radical (unpaired) electrons. The molecule has 16 heteroatoms. The summed E-state index contributed by atoms with van der Waals surface area (Å²) in [6.07, 6.45) is 1.12. The highest BCUT2D eigenvalue weighted by Crippen LogP contribution is 2.47. The lowest BCUT2D eigenvalue weighted by atomic mass is 9.72. The molecule has 2 N–H and O–H groups in total. The van der Waals surface area contributed by atoms with E-state index < -0.39 is 29.0 Å². The third-order valence-electron chi connectivity index (χ3n) is 9.64. The average molecular weight is 698 g/mol. The number of rotatable bonds is 5. The van der Waals surface area contributed by atoms with Gasteiger partial charge in [-0.3, -0.25) is 14.4 Å². The van der Waals surface area contributed by atoms with Crippen LogP contribution in [0.25, 0.3) is 11.4 Å². The number of fused-ring (bicyclic) bond motifs is 3. The van der Waals surface area contributed by atoms with Crippen molar-refractivity contribution in [3.05, 3.63) is 86.3 Å². The van der Waals surface area contributed by atoms with E-state index in [1.165, 1.54) is 22.8 Å². The van der Waals surface area contributed by atoms with E-state index in [-0.39, 0.29) is 46.1 Å². The van der Waals surface area contributed by atoms with Crippen LogP contribution in [-0.4, -0.2) is 71.8 Å². The molecule has 256 valence electrons. The Morgan fingerprint density at radius 3 is 2.71 bits per heavy atom. The zero-order valence-corrected chi connectivity index (χ0v) is 27.0. The fourth-order valence-corrected chi connectivity index (χ4v) is 7.55. The molecule has 49 heavy (non-hydrogen) atoms. The van der Waals surface area contributed by atoms with E-state index in [1.54, 1.807) is 9.47 Å². The van der Waals surface area contributed by atoms with Gasteiger partial charge < -0.3 is 24.6 Å². The normalized spacial score (nSPS) is 20.8. The molecule has 7 rings (SSSR count). The Hall–Kier alpha value is -4.76. The number of aromatic nitrogens is 5. The maximum Gasteiger partial charge on any atom is 0.416 e. The number of aromatic hydroxyl groups is 1. The molecular weight excluding hydrogens is 667 g/mol. The topological polar surface area (TPSA) is 144 Å². The van der Waals surface area contributed by atoms with Crippen molar-refractivity contribution in [3.8, 4) is 5.75 Å². The summed E-state index contributed by atoms with van der Waals surface area (Å²) in [7, 11) is 0. The third-order valence-corrected chi connectivity index (χ3v) is 9.96. The lowest BCUT2D eigenvalue weighted by Crippen LogP contribution is -2.51. The third kappa shape index (κ3) is 5.84. The number of carbonyl (C=O) groups is 2. The van der Waals surface area contributed by atoms with E-state index in [0.29, 0.717) is 68.9 Å². The Labute approximate surface area is 282 Å². The number of anilines is 1. The van der Waals surface area contributed by atoms with Crippen LogP contribution in [0.2, 0.25) is 5.02 Å². The van der Waals surface area contributed by atoms with Crippen LogP contribution >= 0.6 is 11.6 Å². The van der Waals surface area contributed by atoms with Gasteiger partial charge in [-0.05, 0) is 74.9 Å². The van der Waals surface area contributed by atoms with Gasteiger partial charge in [-0.15, -0.1) is 5.10 Å². The quantitative estimate of drug-likeness (QED) is 0.308. The monoisotopic (exact) mass is 697 g/mol. The molecule has 1 aromatic carbocycles. The lowest BCUT2D eigenvalue weighted by Gasteiger charge is -2.44. The number of pyridine rings is 1. The molecule has 2 atom stereocenters. The van der Waals surface area contributed by atoms with Crippen molar-refractivity contribution >= 4 is 40.5 Å². The number of hydrogen-bond acceptors (Lipinski definition) is 8. The molecule has 0 unspecified atom stereocenters. The fourth-order valence-electron chi connectivity index (χ4n) is 7.32. The first kappa shape index (κ1) is 32.8. The van der Waals surface area contributed by atoms with Crippen LogP contribution < -0.4 is 10.9 Å². The minimum absolute atomic E-state index is 0.00386. The summed E-state index contributed by atoms with van der Waals surface area (Å²) in [5.41, 5.74) is -0.0688. The largest absolute Gasteiger partial charge is 0.505 e. The van der Waals surface area contributed by atoms with Gasteiger partial charge >= 0.3 is 6.18 Å². The SMILES string of the molecule is C[C@@H]1C[C@@]2(CCc3c2c(=O)n2nc(C4=CCOCC4)nc2n3CC(=O)Nc2ccc(C(F)(F)F)cc2Cl)CCN1C(=O)c1ncccc1O. The number of likely N-dealkylation sites (tertiary alicyclic amines) is 1. The van der Waals surface area contributed by atoms with Gasteiger partial charge in [0.05, 0.1) is 29.5 Å². The number of halogens is 4. The number of piperidine rings is 1. The number of nitrogens with zero attached hydrogens (tertiary/aromatic N) is 6. The molecule has 0 bridgehead atoms. The van der Waals surface area contributed by atoms with Gasteiger partial charge in [0.25, 0.3) is 11.5 Å². The van der Waals surface area contributed by atoms with Gasteiger partial charge in [0.2, 0.25) is 11.7 Å². The van der Waals surface area contributed by atoms with Gasteiger partial charge in [0.15, 0.2) is 11.5 Å². The maximum absolute atomic E-state index is 14.3. The number of nitrogens with one attached hydrogen (secondary N) is 1. The molecule has 2 aliphatic heterocycles. The highest BCUT2D eigenvalue weighted by atomic mass is 35.5. The highest BCUT2D eigenvalue weighted by molar-refractivity contribution is 6.33. The van der Waals surface area contributed by atoms with Crippen molar-refractivity contribution in [2.24, 2.45) is 0 Å². The highest BCUT2D eigenvalue weighted by Gasteiger charge is 2.48. The standard InChI is InChI=1S/C33H31ClF3N7O5/c1-18-16-32(10-12-42(18)30(48)27-24(45)3-2-11-38-27)9-6-23-26(32)29(47)44-31(40-28(41-44)19-7-13-49-14-8-19)43(23)17-25(46)39-22-5-4-20(15-21(22)34)33(35,36)37/h2-5,7,11,15,18,45H,6,8-10,12-14,16-17H2,1H3,(H,39,46)/t18-,32-/m1/s1. The molecule has 12 nitrogen and oxygen atoms in total. The Morgan fingerprint density at radius 1 is 1.20 bits per heavy atom. The van der Waals surface area contributed by atoms with Crippen LogP contribution in [0.15, 0.2) is 47.4 Å². The average Bonchev–Trinajstić information content (AvgIpc) is 3.67. The summed E-state index contributed by atoms with van der Waals surface area (Å²) in [4.78, 5) is 51.6. The summed E-state index contributed by atoms with van der Waals surface area (Å²) >= 11 is 6.12. The van der Waals surface area contributed by atoms with Crippen molar-refractivity contribution in [2.75, 3.05) is 25.1 Å². The first-order chi connectivity index (χ1) is 23.4. The second-order valence-corrected chi connectivity index (χ2v) is 13.0. The number of alkyl halides is 3. The molecule has 0 saturated carbocycles. The second-order valence-electron chi connectivity index (χ2n) is 12.6. The number of amides is 2. The van der Waals surface area contributed by atoms with Crippen molar-refractivity contribution in [1.82, 2.24) is 29.0 Å². The minimum atomic E-state index is -4.60. The van der Waals surface area contributed by atoms with Crippen LogP contribution in [0, 0.1) is 0 Å². The molecule has 4 aromatic rings. The number of ether oxygens (including phenoxy) is 1. The van der Waals surface area contributed by atoms with Gasteiger partial charge in [-0.2, -0.15) is 22.7 Å². The second kappa shape index (κ2) is 12.3. The van der Waals surface area contributed by atoms with Gasteiger partial charge in [0, 0.05) is 35.5 Å². The van der Waals surface area contributed by atoms with E-state index in [9.17, 15) is 32.7 Å². The first-order valence-electron chi connectivity index (χ1n) is 15.8. The predicted molar refractivity (Wildman–Crippen MR) is 171 cm³/mol. The molecule has 5 heterocycles. The Balaban J connectivity index is 1.26. The number of carbonyl (C=O) groups excluding carboxylic acids is 2. The minimum Gasteiger partial charge on any atom is -0.505 e. The molecule has 3 aliphatic rings. The molecule has 1 fully saturated rings. The van der Waals surface area contributed by atoms with Crippen molar-refractivity contribution in [1.29, 1.82) is 0 Å². The number of benzene rings is 1. The van der Waals surface area contributed by atoms with Crippen molar-refractivity contribution in [3.63, 3.8) is 0 Å². The molecule has 1 saturated heterocycles. The Kier molecular flexibility index (Phi) is 8.22. The van der Waals surface area contributed by atoms with E-state index in [2.05, 4.69) is 15.4 Å². The molecule has 3 aromatic heterocycles. The first-order valence-corrected chi connectivity index (χ1v) is 16.2. The van der Waals surface area contributed by atoms with Crippen LogP contribution in [-0.2, 0) is 34.1 Å². The summed E-state index contributed by atoms with van der Waals surface area (Å²) in [5.74, 6) is -0.718. The smallest absolute Gasteiger partial charge is 0.416 e. The summed E-state index contributed by atoms with van der Waals surface area (Å²) in [6, 6.07) is 5.30. The summed E-state index contributed by atoms with van der Waals surface area (Å²) in [5, 5.41) is 17.2. The zero-order chi connectivity index (χ0) is 34.7. The van der Waals surface area contributed by atoms with Crippen molar-refractivity contribution < 1.29 is 32.6 Å². The van der Waals surface area contributed by atoms with Crippen LogP contribution in [0.4, 0.5) is 18.9 Å².